The number of hydrogen-bond donors (Lipinski definition) is 1. The summed E-state index contributed by atoms with van der Waals surface area (Å²) in [7, 11) is 0. The van der Waals surface area contributed by atoms with Crippen molar-refractivity contribution in [1.29, 1.82) is 0 Å². The van der Waals surface area contributed by atoms with Crippen LogP contribution in [0.1, 0.15) is 26.7 Å². The highest BCUT2D eigenvalue weighted by atomic mass is 16.5. The minimum absolute atomic E-state index is 0.207. The maximum atomic E-state index is 11.8. The largest absolute Gasteiger partial charge is 0.381 e. The van der Waals surface area contributed by atoms with Gasteiger partial charge in [0, 0.05) is 19.7 Å². The van der Waals surface area contributed by atoms with Crippen LogP contribution < -0.4 is 5.73 Å². The van der Waals surface area contributed by atoms with Crippen molar-refractivity contribution in [3.05, 3.63) is 0 Å². The molecule has 1 heterocycles. The van der Waals surface area contributed by atoms with Crippen molar-refractivity contribution in [3.63, 3.8) is 0 Å². The van der Waals surface area contributed by atoms with Crippen LogP contribution in [0.5, 0.6) is 0 Å². The highest BCUT2D eigenvalue weighted by Gasteiger charge is 2.27. The van der Waals surface area contributed by atoms with E-state index in [0.29, 0.717) is 38.0 Å². The lowest BCUT2D eigenvalue weighted by molar-refractivity contribution is -0.134. The molecule has 4 heteroatoms. The van der Waals surface area contributed by atoms with Gasteiger partial charge in [-0.05, 0) is 31.7 Å². The van der Waals surface area contributed by atoms with Crippen LogP contribution in [-0.4, -0.2) is 43.7 Å². The standard InChI is InChI=1S/C12H24N2O2/c1-3-16-7-5-12(15)14-6-4-10(2)11(8-13)9-14/h10-11H,3-9,13H2,1-2H3. The normalized spacial score (nSPS) is 25.8. The molecule has 94 valence electrons. The number of piperidine rings is 1. The quantitative estimate of drug-likeness (QED) is 0.710. The summed E-state index contributed by atoms with van der Waals surface area (Å²) in [6.45, 7) is 7.75. The predicted octanol–water partition coefficient (Wildman–Crippen LogP) is 0.856. The van der Waals surface area contributed by atoms with Gasteiger partial charge in [0.2, 0.25) is 5.91 Å². The van der Waals surface area contributed by atoms with Crippen LogP contribution in [0.15, 0.2) is 0 Å². The number of likely N-dealkylation sites (tertiary alicyclic amines) is 1. The molecule has 1 fully saturated rings. The van der Waals surface area contributed by atoms with Crippen LogP contribution in [0.3, 0.4) is 0 Å². The van der Waals surface area contributed by atoms with Crippen molar-refractivity contribution in [2.45, 2.75) is 26.7 Å². The smallest absolute Gasteiger partial charge is 0.224 e. The Hall–Kier alpha value is -0.610. The summed E-state index contributed by atoms with van der Waals surface area (Å²) in [5, 5.41) is 0. The maximum Gasteiger partial charge on any atom is 0.224 e. The van der Waals surface area contributed by atoms with E-state index in [-0.39, 0.29) is 5.91 Å². The molecule has 0 saturated carbocycles. The molecule has 1 aliphatic rings. The molecule has 1 amide bonds. The van der Waals surface area contributed by atoms with E-state index in [9.17, 15) is 4.79 Å². The zero-order valence-electron chi connectivity index (χ0n) is 10.4. The lowest BCUT2D eigenvalue weighted by Crippen LogP contribution is -2.45. The van der Waals surface area contributed by atoms with E-state index in [1.807, 2.05) is 11.8 Å². The molecule has 2 atom stereocenters. The van der Waals surface area contributed by atoms with E-state index < -0.39 is 0 Å². The lowest BCUT2D eigenvalue weighted by Gasteiger charge is -2.36. The third-order valence-corrected chi connectivity index (χ3v) is 3.43. The van der Waals surface area contributed by atoms with Crippen molar-refractivity contribution in [2.75, 3.05) is 32.8 Å². The van der Waals surface area contributed by atoms with Crippen LogP contribution in [0.2, 0.25) is 0 Å². The molecule has 0 aliphatic carbocycles. The summed E-state index contributed by atoms with van der Waals surface area (Å²) < 4.78 is 5.20. The first-order valence-electron chi connectivity index (χ1n) is 6.24. The zero-order chi connectivity index (χ0) is 12.0. The third-order valence-electron chi connectivity index (χ3n) is 3.43. The molecular weight excluding hydrogens is 204 g/mol. The molecule has 2 unspecified atom stereocenters. The van der Waals surface area contributed by atoms with Crippen LogP contribution in [0.4, 0.5) is 0 Å². The first-order valence-corrected chi connectivity index (χ1v) is 6.24. The van der Waals surface area contributed by atoms with Gasteiger partial charge in [0.05, 0.1) is 13.0 Å². The molecule has 0 aromatic heterocycles. The number of nitrogens with two attached hydrogens (primary N) is 1. The second-order valence-corrected chi connectivity index (χ2v) is 4.55. The van der Waals surface area contributed by atoms with E-state index in [0.717, 1.165) is 19.5 Å². The van der Waals surface area contributed by atoms with Gasteiger partial charge in [-0.15, -0.1) is 0 Å². The maximum absolute atomic E-state index is 11.8. The Bertz CT molecular complexity index is 221. The van der Waals surface area contributed by atoms with Crippen molar-refractivity contribution in [3.8, 4) is 0 Å². The molecule has 0 aromatic carbocycles. The molecule has 1 aliphatic heterocycles. The molecule has 0 spiro atoms. The molecule has 0 aromatic rings. The first-order chi connectivity index (χ1) is 7.69. The summed E-state index contributed by atoms with van der Waals surface area (Å²) in [6.07, 6.45) is 1.57. The van der Waals surface area contributed by atoms with Crippen LogP contribution >= 0.6 is 0 Å². The molecule has 4 nitrogen and oxygen atoms in total. The second-order valence-electron chi connectivity index (χ2n) is 4.55. The number of nitrogens with zero attached hydrogens (tertiary/aromatic N) is 1. The highest BCUT2D eigenvalue weighted by Crippen LogP contribution is 2.22. The lowest BCUT2D eigenvalue weighted by atomic mass is 9.87. The Labute approximate surface area is 98.1 Å². The Balaban J connectivity index is 2.33. The summed E-state index contributed by atoms with van der Waals surface area (Å²) in [5.74, 6) is 1.31. The van der Waals surface area contributed by atoms with E-state index in [4.69, 9.17) is 10.5 Å². The Morgan fingerprint density at radius 1 is 1.56 bits per heavy atom. The average molecular weight is 228 g/mol. The van der Waals surface area contributed by atoms with E-state index >= 15 is 0 Å². The van der Waals surface area contributed by atoms with Gasteiger partial charge in [0.1, 0.15) is 0 Å². The molecule has 0 bridgehead atoms. The average Bonchev–Trinajstić information content (AvgIpc) is 2.30. The Kier molecular flexibility index (Phi) is 5.77. The zero-order valence-corrected chi connectivity index (χ0v) is 10.4. The highest BCUT2D eigenvalue weighted by molar-refractivity contribution is 5.76. The van der Waals surface area contributed by atoms with E-state index in [2.05, 4.69) is 6.92 Å². The fourth-order valence-electron chi connectivity index (χ4n) is 2.14. The number of rotatable bonds is 5. The van der Waals surface area contributed by atoms with Crippen molar-refractivity contribution < 1.29 is 9.53 Å². The predicted molar refractivity (Wildman–Crippen MR) is 64.0 cm³/mol. The number of hydrogen-bond acceptors (Lipinski definition) is 3. The van der Waals surface area contributed by atoms with Gasteiger partial charge in [-0.25, -0.2) is 0 Å². The summed E-state index contributed by atoms with van der Waals surface area (Å²) in [4.78, 5) is 13.8. The topological polar surface area (TPSA) is 55.6 Å². The fourth-order valence-corrected chi connectivity index (χ4v) is 2.14. The number of amides is 1. The minimum Gasteiger partial charge on any atom is -0.381 e. The molecule has 1 rings (SSSR count). The van der Waals surface area contributed by atoms with Gasteiger partial charge >= 0.3 is 0 Å². The molecular formula is C12H24N2O2. The van der Waals surface area contributed by atoms with Gasteiger partial charge in [-0.3, -0.25) is 4.79 Å². The first kappa shape index (κ1) is 13.5. The van der Waals surface area contributed by atoms with Gasteiger partial charge in [-0.1, -0.05) is 6.92 Å². The third kappa shape index (κ3) is 3.76. The summed E-state index contributed by atoms with van der Waals surface area (Å²) >= 11 is 0. The molecule has 2 N–H and O–H groups in total. The van der Waals surface area contributed by atoms with Crippen LogP contribution in [0.25, 0.3) is 0 Å². The van der Waals surface area contributed by atoms with Crippen LogP contribution in [0, 0.1) is 11.8 Å². The number of carbonyl (C=O) groups excluding carboxylic acids is 1. The second kappa shape index (κ2) is 6.86. The van der Waals surface area contributed by atoms with Crippen molar-refractivity contribution in [1.82, 2.24) is 4.90 Å². The summed E-state index contributed by atoms with van der Waals surface area (Å²) in [6, 6.07) is 0. The van der Waals surface area contributed by atoms with Crippen molar-refractivity contribution >= 4 is 5.91 Å². The monoisotopic (exact) mass is 228 g/mol. The van der Waals surface area contributed by atoms with Crippen LogP contribution in [-0.2, 0) is 9.53 Å². The SMILES string of the molecule is CCOCCC(=O)N1CCC(C)C(CN)C1. The van der Waals surface area contributed by atoms with Gasteiger partial charge < -0.3 is 15.4 Å². The molecule has 16 heavy (non-hydrogen) atoms. The Morgan fingerprint density at radius 3 is 2.94 bits per heavy atom. The minimum atomic E-state index is 0.207. The van der Waals surface area contributed by atoms with E-state index in [1.165, 1.54) is 0 Å². The van der Waals surface area contributed by atoms with Crippen molar-refractivity contribution in [2.24, 2.45) is 17.6 Å². The number of carbonyl (C=O) groups is 1. The summed E-state index contributed by atoms with van der Waals surface area (Å²) in [5.41, 5.74) is 5.72. The number of ether oxygens (including phenoxy) is 1. The van der Waals surface area contributed by atoms with Gasteiger partial charge in [0.25, 0.3) is 0 Å². The molecule has 1 saturated heterocycles. The Morgan fingerprint density at radius 2 is 2.31 bits per heavy atom. The van der Waals surface area contributed by atoms with Gasteiger partial charge in [-0.2, -0.15) is 0 Å². The molecule has 0 radical (unpaired) electrons. The van der Waals surface area contributed by atoms with E-state index in [1.54, 1.807) is 0 Å². The van der Waals surface area contributed by atoms with Gasteiger partial charge in [0.15, 0.2) is 0 Å². The fraction of sp³-hybridized carbons (Fsp3) is 0.917.